The summed E-state index contributed by atoms with van der Waals surface area (Å²) in [6.07, 6.45) is -4.66. The number of carbonyl (C=O) groups is 3. The van der Waals surface area contributed by atoms with Gasteiger partial charge in [0, 0.05) is 35.3 Å². The standard InChI is InChI=1S/C28H27F3N4O5S/c1-13-17(8-14-11-34(26(38)39)6-7-40-14)18(10-20(33-13)28(29,30)31)16-4-5-32-19-9-15(41-23(16)19)12-35-24(36)21-22(25(35)37)27(21,2)3/h4-5,9-10,14,21-22H,6-8,11-12H2,1-3H3,(H,38,39). The lowest BCUT2D eigenvalue weighted by Crippen LogP contribution is -2.45. The Kier molecular flexibility index (Phi) is 6.38. The molecule has 3 amide bonds. The summed E-state index contributed by atoms with van der Waals surface area (Å²) < 4.78 is 48.0. The summed E-state index contributed by atoms with van der Waals surface area (Å²) in [5, 5.41) is 9.42. The largest absolute Gasteiger partial charge is 0.465 e. The first-order valence-electron chi connectivity index (χ1n) is 13.2. The third kappa shape index (κ3) is 4.64. The van der Waals surface area contributed by atoms with Crippen LogP contribution >= 0.6 is 11.3 Å². The van der Waals surface area contributed by atoms with Crippen LogP contribution in [0.3, 0.4) is 0 Å². The topological polar surface area (TPSA) is 113 Å². The van der Waals surface area contributed by atoms with Crippen LogP contribution in [0.1, 0.15) is 35.7 Å². The number of pyridine rings is 2. The van der Waals surface area contributed by atoms with Gasteiger partial charge < -0.3 is 14.7 Å². The maximum Gasteiger partial charge on any atom is 0.433 e. The van der Waals surface area contributed by atoms with Gasteiger partial charge >= 0.3 is 12.3 Å². The second-order valence-corrected chi connectivity index (χ2v) is 12.5. The van der Waals surface area contributed by atoms with Crippen LogP contribution in [0.5, 0.6) is 0 Å². The highest BCUT2D eigenvalue weighted by Gasteiger charge is 2.72. The number of rotatable bonds is 5. The Hall–Kier alpha value is -3.58. The fraction of sp³-hybridized carbons (Fsp3) is 0.464. The van der Waals surface area contributed by atoms with E-state index in [9.17, 15) is 32.7 Å². The molecule has 0 radical (unpaired) electrons. The van der Waals surface area contributed by atoms with Crippen molar-refractivity contribution in [3.05, 3.63) is 46.2 Å². The second-order valence-electron chi connectivity index (χ2n) is 11.4. The second kappa shape index (κ2) is 9.48. The summed E-state index contributed by atoms with van der Waals surface area (Å²) in [5.41, 5.74) is 0.667. The van der Waals surface area contributed by atoms with Gasteiger partial charge in [-0.3, -0.25) is 19.5 Å². The molecule has 3 unspecified atom stereocenters. The minimum Gasteiger partial charge on any atom is -0.465 e. The van der Waals surface area contributed by atoms with Crippen molar-refractivity contribution < 1.29 is 37.4 Å². The molecule has 3 fully saturated rings. The van der Waals surface area contributed by atoms with E-state index in [1.807, 2.05) is 13.8 Å². The fourth-order valence-electron chi connectivity index (χ4n) is 6.18. The van der Waals surface area contributed by atoms with Crippen LogP contribution in [0.15, 0.2) is 24.4 Å². The first-order valence-corrected chi connectivity index (χ1v) is 14.0. The smallest absolute Gasteiger partial charge is 0.433 e. The Morgan fingerprint density at radius 1 is 1.20 bits per heavy atom. The van der Waals surface area contributed by atoms with Gasteiger partial charge in [0.1, 0.15) is 5.69 Å². The van der Waals surface area contributed by atoms with E-state index in [4.69, 9.17) is 4.74 Å². The first-order chi connectivity index (χ1) is 19.3. The molecule has 5 heterocycles. The van der Waals surface area contributed by atoms with E-state index in [0.717, 1.165) is 6.07 Å². The number of nitrogens with zero attached hydrogens (tertiary/aromatic N) is 4. The van der Waals surface area contributed by atoms with Crippen LogP contribution in [-0.4, -0.2) is 68.6 Å². The van der Waals surface area contributed by atoms with E-state index >= 15 is 0 Å². The van der Waals surface area contributed by atoms with Gasteiger partial charge in [-0.15, -0.1) is 11.3 Å². The lowest BCUT2D eigenvalue weighted by Gasteiger charge is -2.31. The predicted molar refractivity (Wildman–Crippen MR) is 142 cm³/mol. The maximum atomic E-state index is 13.9. The Labute approximate surface area is 236 Å². The Balaban J connectivity index is 1.38. The highest BCUT2D eigenvalue weighted by atomic mass is 32.1. The Bertz CT molecular complexity index is 1580. The number of piperidine rings is 1. The Morgan fingerprint density at radius 2 is 1.90 bits per heavy atom. The van der Waals surface area contributed by atoms with Crippen molar-refractivity contribution >= 4 is 39.5 Å². The minimum absolute atomic E-state index is 0.0815. The molecule has 2 saturated heterocycles. The van der Waals surface area contributed by atoms with Crippen molar-refractivity contribution in [1.29, 1.82) is 0 Å². The molecule has 13 heteroatoms. The van der Waals surface area contributed by atoms with Crippen molar-refractivity contribution in [3.63, 3.8) is 0 Å². The van der Waals surface area contributed by atoms with Gasteiger partial charge in [0.15, 0.2) is 0 Å². The molecule has 9 nitrogen and oxygen atoms in total. The summed E-state index contributed by atoms with van der Waals surface area (Å²) >= 11 is 1.28. The number of carbonyl (C=O) groups excluding carboxylic acids is 2. The van der Waals surface area contributed by atoms with Crippen LogP contribution < -0.4 is 0 Å². The molecular weight excluding hydrogens is 561 g/mol. The van der Waals surface area contributed by atoms with Gasteiger partial charge in [-0.25, -0.2) is 9.78 Å². The molecule has 1 N–H and O–H groups in total. The number of imide groups is 1. The number of aryl methyl sites for hydroxylation is 1. The summed E-state index contributed by atoms with van der Waals surface area (Å²) in [4.78, 5) is 48.7. The van der Waals surface area contributed by atoms with Crippen molar-refractivity contribution in [2.45, 2.75) is 46.0 Å². The summed E-state index contributed by atoms with van der Waals surface area (Å²) in [6, 6.07) is 4.40. The predicted octanol–water partition coefficient (Wildman–Crippen LogP) is 4.75. The van der Waals surface area contributed by atoms with E-state index in [0.29, 0.717) is 31.8 Å². The molecule has 1 saturated carbocycles. The zero-order valence-corrected chi connectivity index (χ0v) is 23.3. The molecule has 3 aromatic heterocycles. The SMILES string of the molecule is Cc1nc(C(F)(F)F)cc(-c2ccnc3cc(CN4C(=O)C5C(C4=O)C5(C)C)sc23)c1CC1CN(C(=O)O)CCO1. The van der Waals surface area contributed by atoms with E-state index < -0.39 is 24.1 Å². The number of hydrogen-bond acceptors (Lipinski definition) is 7. The quantitative estimate of drug-likeness (QED) is 0.428. The summed E-state index contributed by atoms with van der Waals surface area (Å²) in [6.45, 7) is 5.88. The number of carboxylic acid groups (broad SMARTS) is 1. The normalized spacial score (nSPS) is 23.8. The third-order valence-electron chi connectivity index (χ3n) is 8.42. The monoisotopic (exact) mass is 588 g/mol. The number of alkyl halides is 3. The van der Waals surface area contributed by atoms with E-state index in [1.165, 1.54) is 34.3 Å². The van der Waals surface area contributed by atoms with Crippen molar-refractivity contribution in [3.8, 4) is 11.1 Å². The van der Waals surface area contributed by atoms with Crippen LogP contribution in [0.4, 0.5) is 18.0 Å². The maximum absolute atomic E-state index is 13.9. The van der Waals surface area contributed by atoms with E-state index in [1.54, 1.807) is 12.1 Å². The van der Waals surface area contributed by atoms with Crippen molar-refractivity contribution in [1.82, 2.24) is 19.8 Å². The lowest BCUT2D eigenvalue weighted by molar-refractivity contribution is -0.144. The molecule has 3 aromatic rings. The number of amides is 3. The molecule has 3 atom stereocenters. The molecule has 41 heavy (non-hydrogen) atoms. The number of fused-ring (bicyclic) bond motifs is 2. The van der Waals surface area contributed by atoms with Gasteiger partial charge in [0.05, 0.1) is 47.9 Å². The molecule has 0 aromatic carbocycles. The molecule has 1 aliphatic carbocycles. The number of aromatic nitrogens is 2. The van der Waals surface area contributed by atoms with Crippen LogP contribution in [-0.2, 0) is 33.5 Å². The van der Waals surface area contributed by atoms with Crippen molar-refractivity contribution in [2.24, 2.45) is 17.3 Å². The molecular formula is C28H27F3N4O5S. The lowest BCUT2D eigenvalue weighted by atomic mass is 9.94. The van der Waals surface area contributed by atoms with E-state index in [-0.39, 0.29) is 67.4 Å². The minimum atomic E-state index is -4.68. The molecule has 0 spiro atoms. The number of halogens is 3. The van der Waals surface area contributed by atoms with Gasteiger partial charge in [-0.2, -0.15) is 13.2 Å². The molecule has 2 aliphatic heterocycles. The van der Waals surface area contributed by atoms with Gasteiger partial charge in [-0.05, 0) is 41.7 Å². The zero-order valence-electron chi connectivity index (χ0n) is 22.5. The number of likely N-dealkylation sites (tertiary alicyclic amines) is 1. The highest BCUT2D eigenvalue weighted by Crippen LogP contribution is 2.63. The molecule has 0 bridgehead atoms. The zero-order chi connectivity index (χ0) is 29.4. The molecule has 6 rings (SSSR count). The Morgan fingerprint density at radius 3 is 2.56 bits per heavy atom. The van der Waals surface area contributed by atoms with Crippen molar-refractivity contribution in [2.75, 3.05) is 19.7 Å². The number of thiophene rings is 1. The van der Waals surface area contributed by atoms with Crippen LogP contribution in [0.25, 0.3) is 21.3 Å². The van der Waals surface area contributed by atoms with Crippen LogP contribution in [0, 0.1) is 24.2 Å². The number of hydrogen-bond donors (Lipinski definition) is 1. The summed E-state index contributed by atoms with van der Waals surface area (Å²) in [7, 11) is 0. The van der Waals surface area contributed by atoms with E-state index in [2.05, 4.69) is 9.97 Å². The number of ether oxygens (including phenoxy) is 1. The van der Waals surface area contributed by atoms with Gasteiger partial charge in [-0.1, -0.05) is 13.8 Å². The molecule has 3 aliphatic rings. The van der Waals surface area contributed by atoms with Gasteiger partial charge in [0.2, 0.25) is 11.8 Å². The molecule has 216 valence electrons. The van der Waals surface area contributed by atoms with Crippen LogP contribution in [0.2, 0.25) is 0 Å². The average molecular weight is 589 g/mol. The number of morpholine rings is 1. The highest BCUT2D eigenvalue weighted by molar-refractivity contribution is 7.19. The van der Waals surface area contributed by atoms with Gasteiger partial charge in [0.25, 0.3) is 0 Å². The first kappa shape index (κ1) is 27.6. The third-order valence-corrected chi connectivity index (χ3v) is 9.56. The average Bonchev–Trinajstić information content (AvgIpc) is 3.15. The fourth-order valence-corrected chi connectivity index (χ4v) is 7.31. The summed E-state index contributed by atoms with van der Waals surface area (Å²) in [5.74, 6) is -0.999.